The minimum absolute atomic E-state index is 0. The normalized spacial score (nSPS) is 14.4. The van der Waals surface area contributed by atoms with Gasteiger partial charge in [0.2, 0.25) is 5.95 Å². The monoisotopic (exact) mass is 496 g/mol. The Hall–Kier alpha value is -2.10. The molecule has 0 unspecified atom stereocenters. The topological polar surface area (TPSA) is 65.9 Å². The first kappa shape index (κ1) is 22.2. The van der Waals surface area contributed by atoms with E-state index in [0.717, 1.165) is 63.2 Å². The number of halogens is 1. The molecule has 0 amide bonds. The molecule has 0 spiro atoms. The molecule has 0 saturated carbocycles. The summed E-state index contributed by atoms with van der Waals surface area (Å²) in [4.78, 5) is 17.6. The van der Waals surface area contributed by atoms with Gasteiger partial charge in [-0.25, -0.2) is 9.97 Å². The van der Waals surface area contributed by atoms with Crippen LogP contribution in [0.1, 0.15) is 12.0 Å². The third-order valence-electron chi connectivity index (χ3n) is 4.69. The number of nitrogens with zero attached hydrogens (tertiary/aromatic N) is 5. The molecule has 3 rings (SSSR count). The fourth-order valence-corrected chi connectivity index (χ4v) is 3.23. The van der Waals surface area contributed by atoms with Crippen LogP contribution in [0.3, 0.4) is 0 Å². The van der Waals surface area contributed by atoms with Crippen molar-refractivity contribution in [1.29, 1.82) is 0 Å². The molecule has 0 aliphatic carbocycles. The van der Waals surface area contributed by atoms with Crippen LogP contribution in [0.15, 0.2) is 47.7 Å². The molecule has 1 fully saturated rings. The lowest BCUT2D eigenvalue weighted by Gasteiger charge is -2.36. The third-order valence-corrected chi connectivity index (χ3v) is 4.69. The van der Waals surface area contributed by atoms with Crippen LogP contribution in [0.2, 0.25) is 0 Å². The molecule has 7 nitrogen and oxygen atoms in total. The molecule has 2 heterocycles. The predicted molar refractivity (Wildman–Crippen MR) is 124 cm³/mol. The molecule has 1 N–H and O–H groups in total. The number of guanidine groups is 1. The third kappa shape index (κ3) is 6.22. The SMILES string of the molecule is CN=C(NCCCc1cccc(OC)c1)N1CCN(c2ncccn2)CC1.I. The van der Waals surface area contributed by atoms with Crippen LogP contribution < -0.4 is 15.0 Å². The highest BCUT2D eigenvalue weighted by Crippen LogP contribution is 2.14. The summed E-state index contributed by atoms with van der Waals surface area (Å²) in [7, 11) is 3.55. The minimum Gasteiger partial charge on any atom is -0.497 e. The molecule has 28 heavy (non-hydrogen) atoms. The van der Waals surface area contributed by atoms with Crippen LogP contribution in [0.25, 0.3) is 0 Å². The quantitative estimate of drug-likeness (QED) is 0.287. The molecule has 1 aliphatic heterocycles. The van der Waals surface area contributed by atoms with Crippen LogP contribution >= 0.6 is 24.0 Å². The van der Waals surface area contributed by atoms with E-state index in [9.17, 15) is 0 Å². The Morgan fingerprint density at radius 1 is 1.14 bits per heavy atom. The number of aliphatic imine (C=N–C) groups is 1. The van der Waals surface area contributed by atoms with Crippen molar-refractivity contribution >= 4 is 35.9 Å². The molecule has 0 bridgehead atoms. The molecular weight excluding hydrogens is 467 g/mol. The molecule has 1 aromatic heterocycles. The van der Waals surface area contributed by atoms with E-state index >= 15 is 0 Å². The first-order valence-corrected chi connectivity index (χ1v) is 9.40. The van der Waals surface area contributed by atoms with Gasteiger partial charge in [-0.05, 0) is 36.6 Å². The lowest BCUT2D eigenvalue weighted by Crippen LogP contribution is -2.53. The van der Waals surface area contributed by atoms with Crippen molar-refractivity contribution < 1.29 is 4.74 Å². The average Bonchev–Trinajstić information content (AvgIpc) is 2.75. The molecular formula is C20H29IN6O. The summed E-state index contributed by atoms with van der Waals surface area (Å²) in [5, 5.41) is 3.49. The summed E-state index contributed by atoms with van der Waals surface area (Å²) in [6, 6.07) is 10.1. The number of rotatable bonds is 6. The molecule has 2 aromatic rings. The number of ether oxygens (including phenoxy) is 1. The number of piperazine rings is 1. The lowest BCUT2D eigenvalue weighted by molar-refractivity contribution is 0.370. The van der Waals surface area contributed by atoms with Crippen LogP contribution in [0.4, 0.5) is 5.95 Å². The largest absolute Gasteiger partial charge is 0.497 e. The highest BCUT2D eigenvalue weighted by atomic mass is 127. The maximum Gasteiger partial charge on any atom is 0.225 e. The summed E-state index contributed by atoms with van der Waals surface area (Å²) < 4.78 is 5.28. The maximum absolute atomic E-state index is 5.28. The Morgan fingerprint density at radius 2 is 1.89 bits per heavy atom. The summed E-state index contributed by atoms with van der Waals surface area (Å²) >= 11 is 0. The van der Waals surface area contributed by atoms with Crippen LogP contribution in [0, 0.1) is 0 Å². The van der Waals surface area contributed by atoms with Gasteiger partial charge in [-0.2, -0.15) is 0 Å². The minimum atomic E-state index is 0. The van der Waals surface area contributed by atoms with Gasteiger partial charge in [0.25, 0.3) is 0 Å². The molecule has 8 heteroatoms. The highest BCUT2D eigenvalue weighted by molar-refractivity contribution is 14.0. The van der Waals surface area contributed by atoms with Gasteiger partial charge in [0.1, 0.15) is 5.75 Å². The molecule has 1 aromatic carbocycles. The molecule has 1 saturated heterocycles. The van der Waals surface area contributed by atoms with Crippen molar-refractivity contribution in [2.45, 2.75) is 12.8 Å². The lowest BCUT2D eigenvalue weighted by atomic mass is 10.1. The van der Waals surface area contributed by atoms with Crippen molar-refractivity contribution in [3.05, 3.63) is 48.3 Å². The zero-order chi connectivity index (χ0) is 18.9. The molecule has 1 aliphatic rings. The van der Waals surface area contributed by atoms with Crippen LogP contribution in [-0.4, -0.2) is 67.7 Å². The Morgan fingerprint density at radius 3 is 2.57 bits per heavy atom. The molecule has 152 valence electrons. The summed E-state index contributed by atoms with van der Waals surface area (Å²) in [5.41, 5.74) is 1.29. The van der Waals surface area contributed by atoms with E-state index in [1.54, 1.807) is 19.5 Å². The number of methoxy groups -OCH3 is 1. The van der Waals surface area contributed by atoms with Gasteiger partial charge < -0.3 is 19.9 Å². The van der Waals surface area contributed by atoms with E-state index in [-0.39, 0.29) is 24.0 Å². The number of nitrogens with one attached hydrogen (secondary N) is 1. The Kier molecular flexibility index (Phi) is 9.26. The van der Waals surface area contributed by atoms with E-state index in [0.29, 0.717) is 0 Å². The summed E-state index contributed by atoms with van der Waals surface area (Å²) in [6.45, 7) is 4.51. The number of hydrogen-bond donors (Lipinski definition) is 1. The Labute approximate surface area is 184 Å². The first-order chi connectivity index (χ1) is 13.3. The van der Waals surface area contributed by atoms with Crippen molar-refractivity contribution in [3.63, 3.8) is 0 Å². The Balaban J connectivity index is 0.00000280. The highest BCUT2D eigenvalue weighted by Gasteiger charge is 2.20. The Bertz CT molecular complexity index is 734. The van der Waals surface area contributed by atoms with Crippen molar-refractivity contribution in [1.82, 2.24) is 20.2 Å². The van der Waals surface area contributed by atoms with Crippen molar-refractivity contribution in [2.24, 2.45) is 4.99 Å². The van der Waals surface area contributed by atoms with E-state index in [4.69, 9.17) is 4.74 Å². The smallest absolute Gasteiger partial charge is 0.225 e. The average molecular weight is 496 g/mol. The first-order valence-electron chi connectivity index (χ1n) is 9.40. The van der Waals surface area contributed by atoms with Gasteiger partial charge in [-0.15, -0.1) is 24.0 Å². The number of aromatic nitrogens is 2. The van der Waals surface area contributed by atoms with Gasteiger partial charge in [0.15, 0.2) is 5.96 Å². The second-order valence-corrected chi connectivity index (χ2v) is 6.45. The van der Waals surface area contributed by atoms with E-state index in [2.05, 4.69) is 42.2 Å². The fraction of sp³-hybridized carbons (Fsp3) is 0.450. The predicted octanol–water partition coefficient (Wildman–Crippen LogP) is 2.43. The van der Waals surface area contributed by atoms with Gasteiger partial charge in [-0.1, -0.05) is 12.1 Å². The van der Waals surface area contributed by atoms with E-state index < -0.39 is 0 Å². The van der Waals surface area contributed by atoms with Gasteiger partial charge in [-0.3, -0.25) is 4.99 Å². The van der Waals surface area contributed by atoms with E-state index in [1.165, 1.54) is 5.56 Å². The van der Waals surface area contributed by atoms with Crippen molar-refractivity contribution in [3.8, 4) is 5.75 Å². The fourth-order valence-electron chi connectivity index (χ4n) is 3.23. The molecule has 0 atom stereocenters. The van der Waals surface area contributed by atoms with Gasteiger partial charge >= 0.3 is 0 Å². The summed E-state index contributed by atoms with van der Waals surface area (Å²) in [6.07, 6.45) is 5.64. The molecule has 0 radical (unpaired) electrons. The number of benzene rings is 1. The zero-order valence-electron chi connectivity index (χ0n) is 16.5. The van der Waals surface area contributed by atoms with E-state index in [1.807, 2.05) is 25.2 Å². The maximum atomic E-state index is 5.28. The van der Waals surface area contributed by atoms with Gasteiger partial charge in [0.05, 0.1) is 7.11 Å². The van der Waals surface area contributed by atoms with Crippen LogP contribution in [0.5, 0.6) is 5.75 Å². The standard InChI is InChI=1S/C20H28N6O.HI/c1-21-19(22-9-4-7-17-6-3-8-18(16-17)27-2)25-12-14-26(15-13-25)20-23-10-5-11-24-20;/h3,5-6,8,10-11,16H,4,7,9,12-15H2,1-2H3,(H,21,22);1H. The van der Waals surface area contributed by atoms with Gasteiger partial charge in [0, 0.05) is 52.2 Å². The second-order valence-electron chi connectivity index (χ2n) is 6.45. The number of hydrogen-bond acceptors (Lipinski definition) is 5. The zero-order valence-corrected chi connectivity index (χ0v) is 18.9. The number of aryl methyl sites for hydroxylation is 1. The second kappa shape index (κ2) is 11.7. The summed E-state index contributed by atoms with van der Waals surface area (Å²) in [5.74, 6) is 2.68. The number of anilines is 1. The van der Waals surface area contributed by atoms with Crippen LogP contribution in [-0.2, 0) is 6.42 Å². The van der Waals surface area contributed by atoms with Crippen molar-refractivity contribution in [2.75, 3.05) is 51.8 Å².